The van der Waals surface area contributed by atoms with Crippen molar-refractivity contribution < 1.29 is 31.9 Å². The Morgan fingerprint density at radius 2 is 1.76 bits per heavy atom. The molecule has 3 atom stereocenters. The lowest BCUT2D eigenvalue weighted by atomic mass is 9.97. The molecule has 204 valence electrons. The van der Waals surface area contributed by atoms with E-state index in [1.54, 1.807) is 13.8 Å². The summed E-state index contributed by atoms with van der Waals surface area (Å²) < 4.78 is 47.3. The molecule has 2 aromatic rings. The lowest BCUT2D eigenvalue weighted by Gasteiger charge is -2.53. The average molecular weight is 587 g/mol. The summed E-state index contributed by atoms with van der Waals surface area (Å²) in [5.74, 6) is -1.69. The topological polar surface area (TPSA) is 130 Å². The monoisotopic (exact) mass is 586 g/mol. The standard InChI is InChI=1S/C24H25Cl2FN4O6S/c1-13(2)29-12-21-30(38(35,36)20-8-5-15(25)10-17(20)26)11-19(37-24(28)34)23(33)31(21)18(22(29)32)9-14-3-6-16(27)7-4-14/h3-8,10,13,18-19,21H,9,11-12H2,1-2H3,(H2,28,34). The molecule has 0 aromatic heterocycles. The summed E-state index contributed by atoms with van der Waals surface area (Å²) in [5, 5.41) is 0.0664. The average Bonchev–Trinajstić information content (AvgIpc) is 2.82. The maximum Gasteiger partial charge on any atom is 0.405 e. The summed E-state index contributed by atoms with van der Waals surface area (Å²) in [4.78, 5) is 41.1. The molecule has 3 amide bonds. The van der Waals surface area contributed by atoms with Gasteiger partial charge in [0.05, 0.1) is 18.1 Å². The van der Waals surface area contributed by atoms with Crippen LogP contribution in [0.1, 0.15) is 19.4 Å². The number of sulfonamides is 1. The van der Waals surface area contributed by atoms with Gasteiger partial charge in [-0.1, -0.05) is 35.3 Å². The lowest BCUT2D eigenvalue weighted by molar-refractivity contribution is -0.174. The Bertz CT molecular complexity index is 1370. The zero-order valence-corrected chi connectivity index (χ0v) is 22.7. The highest BCUT2D eigenvalue weighted by Gasteiger charge is 2.55. The number of hydrogen-bond donors (Lipinski definition) is 1. The third-order valence-corrected chi connectivity index (χ3v) is 9.08. The van der Waals surface area contributed by atoms with Gasteiger partial charge in [0.1, 0.15) is 22.9 Å². The first kappa shape index (κ1) is 28.1. The van der Waals surface area contributed by atoms with Crippen molar-refractivity contribution in [3.8, 4) is 0 Å². The van der Waals surface area contributed by atoms with E-state index in [0.29, 0.717) is 5.56 Å². The van der Waals surface area contributed by atoms with Gasteiger partial charge in [0, 0.05) is 17.5 Å². The highest BCUT2D eigenvalue weighted by molar-refractivity contribution is 7.89. The van der Waals surface area contributed by atoms with Gasteiger partial charge in [-0.2, -0.15) is 4.31 Å². The molecule has 2 heterocycles. The minimum Gasteiger partial charge on any atom is -0.435 e. The van der Waals surface area contributed by atoms with E-state index < -0.39 is 58.6 Å². The van der Waals surface area contributed by atoms with E-state index in [1.165, 1.54) is 47.4 Å². The molecule has 2 N–H and O–H groups in total. The first-order valence-electron chi connectivity index (χ1n) is 11.6. The number of fused-ring (bicyclic) bond motifs is 1. The Kier molecular flexibility index (Phi) is 7.89. The van der Waals surface area contributed by atoms with Gasteiger partial charge < -0.3 is 20.3 Å². The molecular formula is C24H25Cl2FN4O6S. The normalized spacial score (nSPS) is 22.5. The van der Waals surface area contributed by atoms with E-state index in [-0.39, 0.29) is 33.9 Å². The van der Waals surface area contributed by atoms with Gasteiger partial charge in [0.2, 0.25) is 15.9 Å². The highest BCUT2D eigenvalue weighted by atomic mass is 35.5. The molecule has 4 rings (SSSR count). The third kappa shape index (κ3) is 5.31. The number of primary amides is 1. The first-order chi connectivity index (χ1) is 17.8. The largest absolute Gasteiger partial charge is 0.435 e. The summed E-state index contributed by atoms with van der Waals surface area (Å²) >= 11 is 12.2. The van der Waals surface area contributed by atoms with Gasteiger partial charge in [-0.05, 0) is 49.7 Å². The second-order valence-corrected chi connectivity index (χ2v) is 11.9. The van der Waals surface area contributed by atoms with Crippen LogP contribution in [-0.4, -0.2) is 77.9 Å². The van der Waals surface area contributed by atoms with Crippen LogP contribution in [0.5, 0.6) is 0 Å². The SMILES string of the molecule is CC(C)N1CC2N(C(=O)C(OC(N)=O)CN2S(=O)(=O)c2ccc(Cl)cc2Cl)C(Cc2ccc(F)cc2)C1=O. The van der Waals surface area contributed by atoms with Crippen molar-refractivity contribution in [3.05, 3.63) is 63.9 Å². The number of halogens is 3. The smallest absolute Gasteiger partial charge is 0.405 e. The van der Waals surface area contributed by atoms with E-state index in [4.69, 9.17) is 33.7 Å². The zero-order valence-electron chi connectivity index (χ0n) is 20.4. The summed E-state index contributed by atoms with van der Waals surface area (Å²) in [6.45, 7) is 2.84. The number of benzene rings is 2. The van der Waals surface area contributed by atoms with Crippen LogP contribution in [0.25, 0.3) is 0 Å². The molecule has 0 bridgehead atoms. The number of rotatable bonds is 6. The number of ether oxygens (including phenoxy) is 1. The van der Waals surface area contributed by atoms with Gasteiger partial charge in [-0.3, -0.25) is 9.59 Å². The van der Waals surface area contributed by atoms with Crippen molar-refractivity contribution in [1.29, 1.82) is 0 Å². The zero-order chi connectivity index (χ0) is 27.9. The Morgan fingerprint density at radius 1 is 1.11 bits per heavy atom. The van der Waals surface area contributed by atoms with Crippen LogP contribution in [-0.2, 0) is 30.8 Å². The molecule has 3 unspecified atom stereocenters. The molecule has 10 nitrogen and oxygen atoms in total. The summed E-state index contributed by atoms with van der Waals surface area (Å²) in [6.07, 6.45) is -4.09. The first-order valence-corrected chi connectivity index (χ1v) is 13.8. The molecule has 38 heavy (non-hydrogen) atoms. The fourth-order valence-corrected chi connectivity index (χ4v) is 7.04. The predicted octanol–water partition coefficient (Wildman–Crippen LogP) is 2.62. The van der Waals surface area contributed by atoms with Crippen molar-refractivity contribution in [2.24, 2.45) is 5.73 Å². The Labute approximate surface area is 229 Å². The predicted molar refractivity (Wildman–Crippen MR) is 136 cm³/mol. The number of piperazine rings is 1. The molecule has 0 saturated carbocycles. The van der Waals surface area contributed by atoms with Crippen molar-refractivity contribution in [1.82, 2.24) is 14.1 Å². The molecule has 2 aliphatic heterocycles. The Hall–Kier alpha value is -2.93. The fourth-order valence-electron chi connectivity index (χ4n) is 4.72. The van der Waals surface area contributed by atoms with Gasteiger partial charge in [0.25, 0.3) is 5.91 Å². The van der Waals surface area contributed by atoms with Crippen LogP contribution in [0.4, 0.5) is 9.18 Å². The number of amides is 3. The lowest BCUT2D eigenvalue weighted by Crippen LogP contribution is -2.75. The minimum absolute atomic E-state index is 0.0382. The van der Waals surface area contributed by atoms with Crippen LogP contribution < -0.4 is 5.73 Å². The molecule has 14 heteroatoms. The second-order valence-electron chi connectivity index (χ2n) is 9.23. The van der Waals surface area contributed by atoms with E-state index >= 15 is 0 Å². The molecule has 2 aromatic carbocycles. The van der Waals surface area contributed by atoms with Crippen molar-refractivity contribution in [2.75, 3.05) is 13.1 Å². The van der Waals surface area contributed by atoms with E-state index in [1.807, 2.05) is 0 Å². The van der Waals surface area contributed by atoms with Crippen molar-refractivity contribution >= 4 is 51.1 Å². The van der Waals surface area contributed by atoms with E-state index in [0.717, 1.165) is 9.21 Å². The van der Waals surface area contributed by atoms with E-state index in [9.17, 15) is 27.2 Å². The third-order valence-electron chi connectivity index (χ3n) is 6.50. The number of carbonyl (C=O) groups is 3. The van der Waals surface area contributed by atoms with Crippen LogP contribution in [0, 0.1) is 5.82 Å². The molecular weight excluding hydrogens is 562 g/mol. The molecule has 2 saturated heterocycles. The quantitative estimate of drug-likeness (QED) is 0.553. The summed E-state index contributed by atoms with van der Waals surface area (Å²) in [6, 6.07) is 7.72. The van der Waals surface area contributed by atoms with Crippen LogP contribution >= 0.6 is 23.2 Å². The van der Waals surface area contributed by atoms with Gasteiger partial charge in [0.15, 0.2) is 6.10 Å². The molecule has 0 spiro atoms. The highest BCUT2D eigenvalue weighted by Crippen LogP contribution is 2.35. The van der Waals surface area contributed by atoms with Crippen LogP contribution in [0.3, 0.4) is 0 Å². The molecule has 0 aliphatic carbocycles. The maximum atomic E-state index is 13.9. The summed E-state index contributed by atoms with van der Waals surface area (Å²) in [7, 11) is -4.41. The van der Waals surface area contributed by atoms with Gasteiger partial charge in [-0.15, -0.1) is 0 Å². The van der Waals surface area contributed by atoms with Crippen molar-refractivity contribution in [2.45, 2.75) is 49.5 Å². The fraction of sp³-hybridized carbons (Fsp3) is 0.375. The molecule has 2 fully saturated rings. The number of hydrogen-bond acceptors (Lipinski definition) is 6. The molecule has 0 radical (unpaired) electrons. The van der Waals surface area contributed by atoms with Gasteiger partial charge >= 0.3 is 6.09 Å². The minimum atomic E-state index is -4.41. The maximum absolute atomic E-state index is 13.9. The number of nitrogens with zero attached hydrogens (tertiary/aromatic N) is 3. The number of carbonyl (C=O) groups excluding carboxylic acids is 3. The van der Waals surface area contributed by atoms with Crippen molar-refractivity contribution in [3.63, 3.8) is 0 Å². The second kappa shape index (κ2) is 10.7. The molecule has 2 aliphatic rings. The van der Waals surface area contributed by atoms with E-state index in [2.05, 4.69) is 0 Å². The summed E-state index contributed by atoms with van der Waals surface area (Å²) in [5.41, 5.74) is 5.71. The van der Waals surface area contributed by atoms with Crippen LogP contribution in [0.15, 0.2) is 47.4 Å². The Balaban J connectivity index is 1.85. The van der Waals surface area contributed by atoms with Gasteiger partial charge in [-0.25, -0.2) is 17.6 Å². The van der Waals surface area contributed by atoms with Crippen LogP contribution in [0.2, 0.25) is 10.0 Å². The Morgan fingerprint density at radius 3 is 2.34 bits per heavy atom. The number of nitrogens with two attached hydrogens (primary N) is 1.